The zero-order valence-corrected chi connectivity index (χ0v) is 23.0. The number of hydrogen-bond donors (Lipinski definition) is 0. The topological polar surface area (TPSA) is 57.7 Å². The molecule has 0 bridgehead atoms. The van der Waals surface area contributed by atoms with Crippen LogP contribution in [0.3, 0.4) is 0 Å². The number of piperidine rings is 1. The maximum absolute atomic E-state index is 14.2. The van der Waals surface area contributed by atoms with Crippen molar-refractivity contribution in [3.8, 4) is 0 Å². The molecule has 0 aliphatic carbocycles. The lowest BCUT2D eigenvalue weighted by molar-refractivity contribution is -0.127. The molecular formula is C34H38N2O3. The number of carbonyl (C=O) groups excluding carboxylic acids is 3. The maximum Gasteiger partial charge on any atom is 0.222 e. The number of rotatable bonds is 9. The van der Waals surface area contributed by atoms with Crippen molar-refractivity contribution in [1.82, 2.24) is 9.80 Å². The summed E-state index contributed by atoms with van der Waals surface area (Å²) < 4.78 is 0. The molecule has 0 N–H and O–H groups in total. The lowest BCUT2D eigenvalue weighted by Crippen LogP contribution is -2.51. The Morgan fingerprint density at radius 1 is 0.769 bits per heavy atom. The van der Waals surface area contributed by atoms with Gasteiger partial charge in [-0.2, -0.15) is 0 Å². The quantitative estimate of drug-likeness (QED) is 0.338. The molecule has 2 saturated heterocycles. The molecule has 3 aromatic carbocycles. The van der Waals surface area contributed by atoms with E-state index in [-0.39, 0.29) is 35.2 Å². The number of carbonyl (C=O) groups is 3. The summed E-state index contributed by atoms with van der Waals surface area (Å²) in [6.07, 6.45) is 2.41. The van der Waals surface area contributed by atoms with E-state index in [2.05, 4.69) is 30.9 Å². The van der Waals surface area contributed by atoms with Crippen molar-refractivity contribution < 1.29 is 14.4 Å². The minimum Gasteiger partial charge on any atom is -0.343 e. The summed E-state index contributed by atoms with van der Waals surface area (Å²) in [6.45, 7) is 7.70. The molecular weight excluding hydrogens is 484 g/mol. The summed E-state index contributed by atoms with van der Waals surface area (Å²) >= 11 is 0. The molecule has 2 atom stereocenters. The summed E-state index contributed by atoms with van der Waals surface area (Å²) in [5, 5.41) is 0. The number of likely N-dealkylation sites (tertiary alicyclic amines) is 2. The Labute approximate surface area is 231 Å². The first-order valence-corrected chi connectivity index (χ1v) is 14.2. The standard InChI is InChI=1S/C34H38N2O3/c1-24-12-9-17-28(25(24)2)32-29(33(38)26-13-5-3-6-14-26)22-35(19-11-21-36-20-10-18-31(36)37)23-30(32)34(39)27-15-7-4-8-16-27/h3-9,12-17,29-30,32H,10-11,18-23H2,1-2H3. The second kappa shape index (κ2) is 12.1. The zero-order valence-electron chi connectivity index (χ0n) is 23.0. The molecule has 0 saturated carbocycles. The van der Waals surface area contributed by atoms with Crippen LogP contribution in [0.5, 0.6) is 0 Å². The van der Waals surface area contributed by atoms with Crippen LogP contribution >= 0.6 is 0 Å². The van der Waals surface area contributed by atoms with Crippen LogP contribution in [-0.2, 0) is 4.79 Å². The fourth-order valence-electron chi connectivity index (χ4n) is 6.44. The van der Waals surface area contributed by atoms with Gasteiger partial charge in [0.1, 0.15) is 0 Å². The molecule has 0 spiro atoms. The Bertz CT molecular complexity index is 1260. The van der Waals surface area contributed by atoms with Crippen molar-refractivity contribution in [3.05, 3.63) is 107 Å². The lowest BCUT2D eigenvalue weighted by Gasteiger charge is -2.44. The first-order chi connectivity index (χ1) is 18.9. The van der Waals surface area contributed by atoms with Gasteiger partial charge in [0.2, 0.25) is 5.91 Å². The van der Waals surface area contributed by atoms with Crippen LogP contribution in [0.2, 0.25) is 0 Å². The molecule has 0 aromatic heterocycles. The van der Waals surface area contributed by atoms with Gasteiger partial charge in [-0.3, -0.25) is 14.4 Å². The van der Waals surface area contributed by atoms with Gasteiger partial charge in [0.05, 0.1) is 0 Å². The van der Waals surface area contributed by atoms with Gasteiger partial charge in [-0.15, -0.1) is 0 Å². The first-order valence-electron chi connectivity index (χ1n) is 14.2. The minimum absolute atomic E-state index is 0.0896. The van der Waals surface area contributed by atoms with Gasteiger partial charge in [0.25, 0.3) is 0 Å². The number of nitrogens with zero attached hydrogens (tertiary/aromatic N) is 2. The highest BCUT2D eigenvalue weighted by Gasteiger charge is 2.45. The van der Waals surface area contributed by atoms with E-state index in [4.69, 9.17) is 0 Å². The highest BCUT2D eigenvalue weighted by Crippen LogP contribution is 2.42. The number of Topliss-reactive ketones (excluding diaryl/α,β-unsaturated/α-hetero) is 2. The van der Waals surface area contributed by atoms with Crippen LogP contribution in [0.4, 0.5) is 0 Å². The van der Waals surface area contributed by atoms with Crippen LogP contribution in [0, 0.1) is 25.7 Å². The highest BCUT2D eigenvalue weighted by atomic mass is 16.2. The van der Waals surface area contributed by atoms with Gasteiger partial charge in [-0.05, 0) is 49.9 Å². The molecule has 2 unspecified atom stereocenters. The predicted octanol–water partition coefficient (Wildman–Crippen LogP) is 5.71. The van der Waals surface area contributed by atoms with Gasteiger partial charge in [0.15, 0.2) is 11.6 Å². The number of hydrogen-bond acceptors (Lipinski definition) is 4. The molecule has 5 rings (SSSR count). The van der Waals surface area contributed by atoms with Crippen LogP contribution in [0.25, 0.3) is 0 Å². The van der Waals surface area contributed by atoms with E-state index in [9.17, 15) is 14.4 Å². The summed E-state index contributed by atoms with van der Waals surface area (Å²) in [5.41, 5.74) is 4.80. The molecule has 5 heteroatoms. The molecule has 5 nitrogen and oxygen atoms in total. The number of benzene rings is 3. The number of aryl methyl sites for hydroxylation is 1. The molecule has 2 fully saturated rings. The van der Waals surface area contributed by atoms with E-state index in [1.807, 2.05) is 71.6 Å². The van der Waals surface area contributed by atoms with Crippen molar-refractivity contribution in [2.75, 3.05) is 32.7 Å². The van der Waals surface area contributed by atoms with E-state index in [1.165, 1.54) is 5.56 Å². The second-order valence-electron chi connectivity index (χ2n) is 11.1. The lowest BCUT2D eigenvalue weighted by atomic mass is 9.67. The zero-order chi connectivity index (χ0) is 27.4. The van der Waals surface area contributed by atoms with Gasteiger partial charge >= 0.3 is 0 Å². The summed E-state index contributed by atoms with van der Waals surface area (Å²) in [7, 11) is 0. The van der Waals surface area contributed by atoms with E-state index in [0.29, 0.717) is 30.6 Å². The third-order valence-corrected chi connectivity index (χ3v) is 8.65. The summed E-state index contributed by atoms with van der Waals surface area (Å²) in [6, 6.07) is 25.2. The maximum atomic E-state index is 14.2. The van der Waals surface area contributed by atoms with Gasteiger partial charge in [-0.1, -0.05) is 78.9 Å². The number of ketones is 2. The van der Waals surface area contributed by atoms with Crippen LogP contribution in [-0.4, -0.2) is 60.0 Å². The van der Waals surface area contributed by atoms with Gasteiger partial charge in [-0.25, -0.2) is 0 Å². The van der Waals surface area contributed by atoms with E-state index in [1.54, 1.807) is 0 Å². The van der Waals surface area contributed by atoms with Gasteiger partial charge in [0, 0.05) is 61.5 Å². The first kappa shape index (κ1) is 27.0. The summed E-state index contributed by atoms with van der Waals surface area (Å²) in [4.78, 5) is 44.7. The van der Waals surface area contributed by atoms with Crippen molar-refractivity contribution in [3.63, 3.8) is 0 Å². The second-order valence-corrected chi connectivity index (χ2v) is 11.1. The fraction of sp³-hybridized carbons (Fsp3) is 0.382. The van der Waals surface area contributed by atoms with E-state index < -0.39 is 0 Å². The molecule has 2 aliphatic rings. The number of amides is 1. The van der Waals surface area contributed by atoms with Crippen LogP contribution in [0.15, 0.2) is 78.9 Å². The molecule has 39 heavy (non-hydrogen) atoms. The smallest absolute Gasteiger partial charge is 0.222 e. The predicted molar refractivity (Wildman–Crippen MR) is 154 cm³/mol. The van der Waals surface area contributed by atoms with Crippen molar-refractivity contribution in [1.29, 1.82) is 0 Å². The monoisotopic (exact) mass is 522 g/mol. The van der Waals surface area contributed by atoms with Crippen molar-refractivity contribution >= 4 is 17.5 Å². The largest absolute Gasteiger partial charge is 0.343 e. The Morgan fingerprint density at radius 2 is 1.36 bits per heavy atom. The van der Waals surface area contributed by atoms with Crippen molar-refractivity contribution in [2.45, 2.75) is 39.0 Å². The average Bonchev–Trinajstić information content (AvgIpc) is 3.38. The Kier molecular flexibility index (Phi) is 8.37. The molecule has 202 valence electrons. The SMILES string of the molecule is Cc1cccc(C2C(C(=O)c3ccccc3)CN(CCCN3CCCC3=O)CC2C(=O)c2ccccc2)c1C. The third kappa shape index (κ3) is 5.89. The fourth-order valence-corrected chi connectivity index (χ4v) is 6.44. The molecule has 3 aromatic rings. The normalized spacial score (nSPS) is 21.7. The molecule has 2 aliphatic heterocycles. The molecule has 1 amide bonds. The van der Waals surface area contributed by atoms with E-state index >= 15 is 0 Å². The molecule has 2 heterocycles. The Balaban J connectivity index is 1.51. The minimum atomic E-state index is -0.354. The molecule has 0 radical (unpaired) electrons. The van der Waals surface area contributed by atoms with Crippen molar-refractivity contribution in [2.24, 2.45) is 11.8 Å². The average molecular weight is 523 g/mol. The van der Waals surface area contributed by atoms with Crippen LogP contribution < -0.4 is 0 Å². The van der Waals surface area contributed by atoms with Crippen LogP contribution in [0.1, 0.15) is 62.6 Å². The summed E-state index contributed by atoms with van der Waals surface area (Å²) in [5.74, 6) is -0.515. The highest BCUT2D eigenvalue weighted by molar-refractivity contribution is 6.02. The Morgan fingerprint density at radius 3 is 1.90 bits per heavy atom. The third-order valence-electron chi connectivity index (χ3n) is 8.65. The Hall–Kier alpha value is -3.57. The van der Waals surface area contributed by atoms with E-state index in [0.717, 1.165) is 43.6 Å². The van der Waals surface area contributed by atoms with Gasteiger partial charge < -0.3 is 9.80 Å².